The lowest BCUT2D eigenvalue weighted by Gasteiger charge is -2.26. The Labute approximate surface area is 195 Å². The number of halogens is 2. The summed E-state index contributed by atoms with van der Waals surface area (Å²) < 4.78 is 15.8. The molecule has 0 fully saturated rings. The molecule has 0 unspecified atom stereocenters. The van der Waals surface area contributed by atoms with E-state index in [0.717, 1.165) is 36.3 Å². The summed E-state index contributed by atoms with van der Waals surface area (Å²) in [5, 5.41) is 5.13. The van der Waals surface area contributed by atoms with E-state index in [4.69, 9.17) is 17.2 Å². The lowest BCUT2D eigenvalue weighted by molar-refractivity contribution is 0.627. The molecular weight excluding hydrogens is 431 g/mol. The Morgan fingerprint density at radius 2 is 1.97 bits per heavy atom. The highest BCUT2D eigenvalue weighted by Gasteiger charge is 2.19. The fourth-order valence-electron chi connectivity index (χ4n) is 3.66. The van der Waals surface area contributed by atoms with Crippen LogP contribution in [0.2, 0.25) is 0 Å². The molecular formula is C24H30ClFN4S. The largest absolute Gasteiger partial charge is 0.362 e. The second kappa shape index (κ2) is 11.3. The van der Waals surface area contributed by atoms with Crippen molar-refractivity contribution in [1.82, 2.24) is 14.9 Å². The summed E-state index contributed by atoms with van der Waals surface area (Å²) in [5.74, 6) is -0.269. The third-order valence-corrected chi connectivity index (χ3v) is 5.80. The van der Waals surface area contributed by atoms with Crippen molar-refractivity contribution in [1.29, 1.82) is 0 Å². The van der Waals surface area contributed by atoms with Crippen molar-refractivity contribution in [3.05, 3.63) is 72.0 Å². The first-order chi connectivity index (χ1) is 14.5. The maximum absolute atomic E-state index is 13.5. The SMILES string of the molecule is C=CCn1c(C)c(C)c2ccnc(CN(C(=S)NCCCC)c3ccc(F)cc3)c21.Cl. The average molecular weight is 461 g/mol. The summed E-state index contributed by atoms with van der Waals surface area (Å²) in [5.41, 5.74) is 5.30. The van der Waals surface area contributed by atoms with Gasteiger partial charge in [0, 0.05) is 36.1 Å². The molecule has 0 aliphatic heterocycles. The van der Waals surface area contributed by atoms with Crippen LogP contribution in [0.15, 0.2) is 49.2 Å². The Hall–Kier alpha value is -2.44. The highest BCUT2D eigenvalue weighted by Crippen LogP contribution is 2.29. The molecule has 0 aliphatic rings. The smallest absolute Gasteiger partial charge is 0.173 e. The van der Waals surface area contributed by atoms with E-state index in [2.05, 4.69) is 43.3 Å². The van der Waals surface area contributed by atoms with Crippen molar-refractivity contribution in [3.8, 4) is 0 Å². The molecule has 0 radical (unpaired) electrons. The van der Waals surface area contributed by atoms with Crippen molar-refractivity contribution < 1.29 is 4.39 Å². The highest BCUT2D eigenvalue weighted by atomic mass is 35.5. The third-order valence-electron chi connectivity index (χ3n) is 5.43. The van der Waals surface area contributed by atoms with Crippen LogP contribution in [0.4, 0.5) is 10.1 Å². The Morgan fingerprint density at radius 3 is 2.61 bits per heavy atom. The summed E-state index contributed by atoms with van der Waals surface area (Å²) in [4.78, 5) is 6.70. The maximum Gasteiger partial charge on any atom is 0.173 e. The zero-order valence-corrected chi connectivity index (χ0v) is 20.0. The first-order valence-electron chi connectivity index (χ1n) is 10.3. The first kappa shape index (κ1) is 24.8. The Kier molecular flexibility index (Phi) is 9.01. The highest BCUT2D eigenvalue weighted by molar-refractivity contribution is 7.80. The first-order valence-corrected chi connectivity index (χ1v) is 10.7. The molecule has 3 rings (SSSR count). The van der Waals surface area contributed by atoms with Crippen molar-refractivity contribution >= 4 is 46.3 Å². The van der Waals surface area contributed by atoms with Crippen LogP contribution in [0.5, 0.6) is 0 Å². The fourth-order valence-corrected chi connectivity index (χ4v) is 3.93. The number of hydrogen-bond donors (Lipinski definition) is 1. The quantitative estimate of drug-likeness (QED) is 0.251. The molecule has 1 N–H and O–H groups in total. The minimum Gasteiger partial charge on any atom is -0.362 e. The Balaban J connectivity index is 0.00000341. The van der Waals surface area contributed by atoms with Crippen LogP contribution < -0.4 is 10.2 Å². The average Bonchev–Trinajstić information content (AvgIpc) is 2.99. The number of allylic oxidation sites excluding steroid dienone is 1. The van der Waals surface area contributed by atoms with Crippen LogP contribution in [0.3, 0.4) is 0 Å². The van der Waals surface area contributed by atoms with Crippen LogP contribution in [0.1, 0.15) is 36.7 Å². The monoisotopic (exact) mass is 460 g/mol. The third kappa shape index (κ3) is 5.43. The van der Waals surface area contributed by atoms with Crippen LogP contribution in [0, 0.1) is 19.7 Å². The van der Waals surface area contributed by atoms with Gasteiger partial charge in [-0.3, -0.25) is 4.98 Å². The molecule has 3 aromatic rings. The molecule has 0 spiro atoms. The zero-order chi connectivity index (χ0) is 21.7. The summed E-state index contributed by atoms with van der Waals surface area (Å²) >= 11 is 5.71. The second-order valence-corrected chi connectivity index (χ2v) is 7.80. The molecule has 31 heavy (non-hydrogen) atoms. The molecule has 4 nitrogen and oxygen atoms in total. The summed E-state index contributed by atoms with van der Waals surface area (Å²) in [6.45, 7) is 12.3. The van der Waals surface area contributed by atoms with Gasteiger partial charge in [0.25, 0.3) is 0 Å². The number of hydrogen-bond acceptors (Lipinski definition) is 2. The predicted molar refractivity (Wildman–Crippen MR) is 135 cm³/mol. The molecule has 166 valence electrons. The van der Waals surface area contributed by atoms with Gasteiger partial charge in [-0.05, 0) is 68.4 Å². The number of thiocarbonyl (C=S) groups is 1. The predicted octanol–water partition coefficient (Wildman–Crippen LogP) is 6.08. The number of anilines is 1. The van der Waals surface area contributed by atoms with Crippen molar-refractivity contribution in [2.45, 2.75) is 46.7 Å². The molecule has 0 bridgehead atoms. The van der Waals surface area contributed by atoms with Crippen molar-refractivity contribution in [2.24, 2.45) is 0 Å². The van der Waals surface area contributed by atoms with Gasteiger partial charge in [-0.2, -0.15) is 0 Å². The van der Waals surface area contributed by atoms with Crippen LogP contribution >= 0.6 is 24.6 Å². The molecule has 0 saturated heterocycles. The lowest BCUT2D eigenvalue weighted by Crippen LogP contribution is -2.40. The number of benzene rings is 1. The van der Waals surface area contributed by atoms with Gasteiger partial charge in [0.1, 0.15) is 5.82 Å². The van der Waals surface area contributed by atoms with E-state index in [1.807, 2.05) is 17.2 Å². The van der Waals surface area contributed by atoms with Crippen molar-refractivity contribution in [3.63, 3.8) is 0 Å². The summed E-state index contributed by atoms with van der Waals surface area (Å²) in [7, 11) is 0. The van der Waals surface area contributed by atoms with E-state index >= 15 is 0 Å². The molecule has 0 atom stereocenters. The second-order valence-electron chi connectivity index (χ2n) is 7.41. The van der Waals surface area contributed by atoms with E-state index in [-0.39, 0.29) is 18.2 Å². The van der Waals surface area contributed by atoms with Gasteiger partial charge in [-0.1, -0.05) is 19.4 Å². The maximum atomic E-state index is 13.5. The number of nitrogens with one attached hydrogen (secondary N) is 1. The van der Waals surface area contributed by atoms with Gasteiger partial charge in [-0.15, -0.1) is 19.0 Å². The number of rotatable bonds is 8. The van der Waals surface area contributed by atoms with Gasteiger partial charge in [-0.25, -0.2) is 4.39 Å². The fraction of sp³-hybridized carbons (Fsp3) is 0.333. The minimum atomic E-state index is -0.269. The Bertz CT molecular complexity index is 1050. The van der Waals surface area contributed by atoms with Gasteiger partial charge >= 0.3 is 0 Å². The number of aryl methyl sites for hydroxylation is 1. The lowest BCUT2D eigenvalue weighted by atomic mass is 10.1. The van der Waals surface area contributed by atoms with E-state index in [1.165, 1.54) is 28.8 Å². The zero-order valence-electron chi connectivity index (χ0n) is 18.3. The Morgan fingerprint density at radius 1 is 1.26 bits per heavy atom. The summed E-state index contributed by atoms with van der Waals surface area (Å²) in [6.07, 6.45) is 5.86. The number of unbranched alkanes of at least 4 members (excludes halogenated alkanes) is 1. The standard InChI is InChI=1S/C24H29FN4S.ClH/c1-5-7-13-27-24(30)29(20-10-8-19(25)9-11-20)16-22-23-21(12-14-26-22)17(3)18(4)28(23)15-6-2;/h6,8-12,14H,2,5,7,13,15-16H2,1,3-4H3,(H,27,30);1H. The topological polar surface area (TPSA) is 33.1 Å². The van der Waals surface area contributed by atoms with Crippen LogP contribution in [-0.4, -0.2) is 21.2 Å². The van der Waals surface area contributed by atoms with Gasteiger partial charge in [0.15, 0.2) is 5.11 Å². The molecule has 0 saturated carbocycles. The molecule has 1 aromatic carbocycles. The minimum absolute atomic E-state index is 0. The van der Waals surface area contributed by atoms with Crippen LogP contribution in [0.25, 0.3) is 10.9 Å². The van der Waals surface area contributed by atoms with Crippen LogP contribution in [-0.2, 0) is 13.1 Å². The number of pyridine rings is 1. The number of fused-ring (bicyclic) bond motifs is 1. The van der Waals surface area contributed by atoms with E-state index in [0.29, 0.717) is 18.2 Å². The molecule has 0 aliphatic carbocycles. The number of aromatic nitrogens is 2. The molecule has 2 aromatic heterocycles. The van der Waals surface area contributed by atoms with E-state index in [9.17, 15) is 4.39 Å². The van der Waals surface area contributed by atoms with E-state index < -0.39 is 0 Å². The molecule has 2 heterocycles. The van der Waals surface area contributed by atoms with Crippen molar-refractivity contribution in [2.75, 3.05) is 11.4 Å². The summed E-state index contributed by atoms with van der Waals surface area (Å²) in [6, 6.07) is 8.48. The number of nitrogens with zero attached hydrogens (tertiary/aromatic N) is 3. The van der Waals surface area contributed by atoms with Gasteiger partial charge in [0.05, 0.1) is 17.8 Å². The van der Waals surface area contributed by atoms with Gasteiger partial charge < -0.3 is 14.8 Å². The molecule has 0 amide bonds. The molecule has 7 heteroatoms. The normalized spacial score (nSPS) is 10.6. The van der Waals surface area contributed by atoms with E-state index in [1.54, 1.807) is 12.1 Å². The van der Waals surface area contributed by atoms with Gasteiger partial charge in [0.2, 0.25) is 0 Å².